The molecule has 0 heterocycles. The normalized spacial score (nSPS) is 12.3. The lowest BCUT2D eigenvalue weighted by Gasteiger charge is -2.15. The largest absolute Gasteiger partial charge is 0.483 e. The summed E-state index contributed by atoms with van der Waals surface area (Å²) in [5.41, 5.74) is 1.14. The minimum atomic E-state index is -0.0560. The second-order valence-corrected chi connectivity index (χ2v) is 5.24. The second kappa shape index (κ2) is 7.82. The van der Waals surface area contributed by atoms with Gasteiger partial charge in [-0.2, -0.15) is 0 Å². The Hall–Kier alpha value is -1.51. The van der Waals surface area contributed by atoms with E-state index in [9.17, 15) is 4.79 Å². The van der Waals surface area contributed by atoms with Crippen LogP contribution in [0.15, 0.2) is 24.3 Å². The first kappa shape index (κ1) is 15.5. The Bertz CT molecular complexity index is 401. The number of rotatable bonds is 7. The molecule has 3 nitrogen and oxygen atoms in total. The number of hydrogen-bond acceptors (Lipinski definition) is 2. The Morgan fingerprint density at radius 1 is 1.26 bits per heavy atom. The topological polar surface area (TPSA) is 38.3 Å². The third-order valence-electron chi connectivity index (χ3n) is 3.03. The molecule has 19 heavy (non-hydrogen) atoms. The Kier molecular flexibility index (Phi) is 6.40. The van der Waals surface area contributed by atoms with Crippen molar-refractivity contribution in [3.8, 4) is 5.75 Å². The molecule has 0 aliphatic carbocycles. The first-order valence-corrected chi connectivity index (χ1v) is 7.05. The maximum atomic E-state index is 11.7. The molecule has 0 radical (unpaired) electrons. The van der Waals surface area contributed by atoms with Gasteiger partial charge in [0.15, 0.2) is 6.61 Å². The van der Waals surface area contributed by atoms with Crippen molar-refractivity contribution in [2.75, 3.05) is 6.61 Å². The molecule has 1 aromatic carbocycles. The lowest BCUT2D eigenvalue weighted by Crippen LogP contribution is -2.36. The Morgan fingerprint density at radius 3 is 2.58 bits per heavy atom. The number of amides is 1. The third kappa shape index (κ3) is 5.33. The summed E-state index contributed by atoms with van der Waals surface area (Å²) in [5, 5.41) is 2.94. The molecule has 1 atom stereocenters. The van der Waals surface area contributed by atoms with Gasteiger partial charge in [-0.05, 0) is 30.9 Å². The van der Waals surface area contributed by atoms with E-state index < -0.39 is 0 Å². The molecule has 106 valence electrons. The smallest absolute Gasteiger partial charge is 0.258 e. The quantitative estimate of drug-likeness (QED) is 0.817. The van der Waals surface area contributed by atoms with E-state index in [0.717, 1.165) is 24.2 Å². The Morgan fingerprint density at radius 2 is 1.95 bits per heavy atom. The monoisotopic (exact) mass is 263 g/mol. The van der Waals surface area contributed by atoms with Gasteiger partial charge in [-0.1, -0.05) is 45.4 Å². The molecule has 0 bridgehead atoms. The summed E-state index contributed by atoms with van der Waals surface area (Å²) in [6.07, 6.45) is 2.06. The summed E-state index contributed by atoms with van der Waals surface area (Å²) in [4.78, 5) is 11.7. The molecule has 1 rings (SSSR count). The summed E-state index contributed by atoms with van der Waals surface area (Å²) in [6, 6.07) is 8.08. The molecule has 0 aliphatic heterocycles. The zero-order chi connectivity index (χ0) is 14.3. The van der Waals surface area contributed by atoms with Crippen molar-refractivity contribution in [3.63, 3.8) is 0 Å². The number of para-hydroxylation sites is 1. The molecule has 1 aromatic rings. The van der Waals surface area contributed by atoms with E-state index in [1.807, 2.05) is 31.2 Å². The molecule has 0 saturated heterocycles. The fourth-order valence-corrected chi connectivity index (χ4v) is 2.05. The van der Waals surface area contributed by atoms with Crippen LogP contribution >= 0.6 is 0 Å². The van der Waals surface area contributed by atoms with Crippen LogP contribution in [-0.4, -0.2) is 18.6 Å². The van der Waals surface area contributed by atoms with Crippen LogP contribution in [0.1, 0.15) is 52.0 Å². The van der Waals surface area contributed by atoms with Crippen molar-refractivity contribution in [1.29, 1.82) is 0 Å². The van der Waals surface area contributed by atoms with Gasteiger partial charge in [-0.25, -0.2) is 0 Å². The summed E-state index contributed by atoms with van der Waals surface area (Å²) in [6.45, 7) is 8.44. The van der Waals surface area contributed by atoms with E-state index >= 15 is 0 Å². The first-order chi connectivity index (χ1) is 9.04. The summed E-state index contributed by atoms with van der Waals surface area (Å²) in [5.74, 6) is 1.13. The molecular weight excluding hydrogens is 238 g/mol. The standard InChI is InChI=1S/C16H25NO2/c1-5-8-13(4)17-16(18)11-19-15-10-7-6-9-14(15)12(2)3/h6-7,9-10,12-13H,5,8,11H2,1-4H3,(H,17,18)/t13-/m1/s1. The average Bonchev–Trinajstić information content (AvgIpc) is 2.36. The second-order valence-electron chi connectivity index (χ2n) is 5.24. The Labute approximate surface area is 116 Å². The molecule has 0 aromatic heterocycles. The molecular formula is C16H25NO2. The maximum absolute atomic E-state index is 11.7. The number of carbonyl (C=O) groups is 1. The van der Waals surface area contributed by atoms with Gasteiger partial charge in [0.2, 0.25) is 0 Å². The van der Waals surface area contributed by atoms with Crippen molar-refractivity contribution < 1.29 is 9.53 Å². The van der Waals surface area contributed by atoms with Gasteiger partial charge in [0.1, 0.15) is 5.75 Å². The van der Waals surface area contributed by atoms with Gasteiger partial charge < -0.3 is 10.1 Å². The summed E-state index contributed by atoms with van der Waals surface area (Å²) < 4.78 is 5.63. The fraction of sp³-hybridized carbons (Fsp3) is 0.562. The zero-order valence-electron chi connectivity index (χ0n) is 12.4. The minimum absolute atomic E-state index is 0.0560. The molecule has 0 spiro atoms. The van der Waals surface area contributed by atoms with Crippen LogP contribution < -0.4 is 10.1 Å². The number of hydrogen-bond donors (Lipinski definition) is 1. The van der Waals surface area contributed by atoms with Gasteiger partial charge in [0.25, 0.3) is 5.91 Å². The van der Waals surface area contributed by atoms with Crippen molar-refractivity contribution in [2.45, 2.75) is 52.5 Å². The number of nitrogens with one attached hydrogen (secondary N) is 1. The van der Waals surface area contributed by atoms with Crippen molar-refractivity contribution in [3.05, 3.63) is 29.8 Å². The first-order valence-electron chi connectivity index (χ1n) is 7.05. The third-order valence-corrected chi connectivity index (χ3v) is 3.03. The SMILES string of the molecule is CCC[C@@H](C)NC(=O)COc1ccccc1C(C)C. The lowest BCUT2D eigenvalue weighted by molar-refractivity contribution is -0.123. The van der Waals surface area contributed by atoms with Crippen molar-refractivity contribution in [2.24, 2.45) is 0 Å². The van der Waals surface area contributed by atoms with E-state index in [0.29, 0.717) is 5.92 Å². The predicted octanol–water partition coefficient (Wildman–Crippen LogP) is 3.49. The zero-order valence-corrected chi connectivity index (χ0v) is 12.4. The van der Waals surface area contributed by atoms with Gasteiger partial charge >= 0.3 is 0 Å². The predicted molar refractivity (Wildman–Crippen MR) is 78.5 cm³/mol. The highest BCUT2D eigenvalue weighted by Gasteiger charge is 2.10. The molecule has 0 unspecified atom stereocenters. The van der Waals surface area contributed by atoms with Crippen LogP contribution in [0, 0.1) is 0 Å². The Balaban J connectivity index is 2.50. The summed E-state index contributed by atoms with van der Waals surface area (Å²) in [7, 11) is 0. The van der Waals surface area contributed by atoms with Crippen LogP contribution in [0.25, 0.3) is 0 Å². The van der Waals surface area contributed by atoms with Crippen molar-refractivity contribution >= 4 is 5.91 Å². The lowest BCUT2D eigenvalue weighted by atomic mass is 10.0. The van der Waals surface area contributed by atoms with E-state index in [-0.39, 0.29) is 18.6 Å². The highest BCUT2D eigenvalue weighted by atomic mass is 16.5. The van der Waals surface area contributed by atoms with Crippen LogP contribution in [0.5, 0.6) is 5.75 Å². The van der Waals surface area contributed by atoms with Crippen molar-refractivity contribution in [1.82, 2.24) is 5.32 Å². The molecule has 0 saturated carbocycles. The van der Waals surface area contributed by atoms with Crippen LogP contribution in [-0.2, 0) is 4.79 Å². The van der Waals surface area contributed by atoms with E-state index in [1.165, 1.54) is 0 Å². The van der Waals surface area contributed by atoms with Gasteiger partial charge in [-0.3, -0.25) is 4.79 Å². The molecule has 3 heteroatoms. The van der Waals surface area contributed by atoms with E-state index in [4.69, 9.17) is 4.74 Å². The van der Waals surface area contributed by atoms with Crippen LogP contribution in [0.3, 0.4) is 0 Å². The van der Waals surface area contributed by atoms with Crippen LogP contribution in [0.4, 0.5) is 0 Å². The molecule has 0 aliphatic rings. The number of ether oxygens (including phenoxy) is 1. The number of carbonyl (C=O) groups excluding carboxylic acids is 1. The van der Waals surface area contributed by atoms with Crippen LogP contribution in [0.2, 0.25) is 0 Å². The molecule has 1 amide bonds. The average molecular weight is 263 g/mol. The highest BCUT2D eigenvalue weighted by Crippen LogP contribution is 2.25. The van der Waals surface area contributed by atoms with Gasteiger partial charge in [0, 0.05) is 6.04 Å². The summed E-state index contributed by atoms with van der Waals surface area (Å²) >= 11 is 0. The minimum Gasteiger partial charge on any atom is -0.483 e. The molecule has 0 fully saturated rings. The van der Waals surface area contributed by atoms with Gasteiger partial charge in [0.05, 0.1) is 0 Å². The fourth-order valence-electron chi connectivity index (χ4n) is 2.05. The molecule has 1 N–H and O–H groups in total. The maximum Gasteiger partial charge on any atom is 0.258 e. The van der Waals surface area contributed by atoms with E-state index in [2.05, 4.69) is 26.1 Å². The number of benzene rings is 1. The van der Waals surface area contributed by atoms with E-state index in [1.54, 1.807) is 0 Å². The van der Waals surface area contributed by atoms with Gasteiger partial charge in [-0.15, -0.1) is 0 Å². The highest BCUT2D eigenvalue weighted by molar-refractivity contribution is 5.77.